The molecule has 4 aromatic rings. The van der Waals surface area contributed by atoms with E-state index in [1.165, 1.54) is 55.6 Å². The Morgan fingerprint density at radius 1 is 0.816 bits per heavy atom. The van der Waals surface area contributed by atoms with Crippen LogP contribution in [0.2, 0.25) is 0 Å². The number of methoxy groups -OCH3 is 1. The Bertz CT molecular complexity index is 1420. The summed E-state index contributed by atoms with van der Waals surface area (Å²) in [5, 5.41) is 10.6. The quantitative estimate of drug-likeness (QED) is 0.256. The van der Waals surface area contributed by atoms with E-state index >= 15 is 0 Å². The minimum Gasteiger partial charge on any atom is -0.497 e. The highest BCUT2D eigenvalue weighted by Crippen LogP contribution is 2.46. The van der Waals surface area contributed by atoms with Crippen molar-refractivity contribution >= 4 is 11.6 Å². The second kappa shape index (κ2) is 10.7. The van der Waals surface area contributed by atoms with Crippen LogP contribution >= 0.6 is 0 Å². The first-order valence-electron chi connectivity index (χ1n) is 12.3. The largest absolute Gasteiger partial charge is 0.497 e. The second-order valence-corrected chi connectivity index (χ2v) is 9.38. The van der Waals surface area contributed by atoms with E-state index in [2.05, 4.69) is 0 Å². The highest BCUT2D eigenvalue weighted by Gasteiger charge is 2.48. The first kappa shape index (κ1) is 25.5. The van der Waals surface area contributed by atoms with Crippen molar-refractivity contribution in [1.82, 2.24) is 0 Å². The number of nitrogens with zero attached hydrogens (tertiary/aromatic N) is 1. The van der Waals surface area contributed by atoms with Crippen molar-refractivity contribution in [2.45, 2.75) is 25.0 Å². The number of rotatable bonds is 8. The molecule has 3 unspecified atom stereocenters. The van der Waals surface area contributed by atoms with E-state index < -0.39 is 23.7 Å². The van der Waals surface area contributed by atoms with Crippen molar-refractivity contribution < 1.29 is 27.8 Å². The zero-order chi connectivity index (χ0) is 26.8. The Hall–Kier alpha value is -4.10. The maximum atomic E-state index is 14.0. The molecule has 0 aromatic heterocycles. The lowest BCUT2D eigenvalue weighted by Crippen LogP contribution is -2.55. The number of hydrogen-bond acceptors (Lipinski definition) is 3. The van der Waals surface area contributed by atoms with Crippen LogP contribution in [-0.4, -0.2) is 18.1 Å². The fraction of sp³-hybridized carbons (Fsp3) is 0.194. The van der Waals surface area contributed by atoms with Gasteiger partial charge in [0.15, 0.2) is 0 Å². The topological polar surface area (TPSA) is 49.8 Å². The average Bonchev–Trinajstić information content (AvgIpc) is 2.92. The highest BCUT2D eigenvalue weighted by molar-refractivity contribution is 6.03. The lowest BCUT2D eigenvalue weighted by atomic mass is 9.78. The number of hydrogen-bond donors (Lipinski definition) is 1. The summed E-state index contributed by atoms with van der Waals surface area (Å²) in [5.74, 6) is -1.30. The van der Waals surface area contributed by atoms with E-state index in [4.69, 9.17) is 4.74 Å². The van der Waals surface area contributed by atoms with Crippen LogP contribution in [0.1, 0.15) is 36.1 Å². The van der Waals surface area contributed by atoms with Crippen molar-refractivity contribution in [3.8, 4) is 16.9 Å². The van der Waals surface area contributed by atoms with Gasteiger partial charge in [-0.25, -0.2) is 13.2 Å². The van der Waals surface area contributed by atoms with Crippen LogP contribution in [0.5, 0.6) is 5.75 Å². The van der Waals surface area contributed by atoms with Crippen LogP contribution in [0.3, 0.4) is 0 Å². The molecule has 0 spiro atoms. The van der Waals surface area contributed by atoms with Crippen molar-refractivity contribution in [3.05, 3.63) is 120 Å². The fourth-order valence-electron chi connectivity index (χ4n) is 5.01. The third kappa shape index (κ3) is 5.15. The number of β-lactam (4-membered cyclic amide) rings is 1. The third-order valence-corrected chi connectivity index (χ3v) is 7.02. The molecule has 1 aliphatic rings. The summed E-state index contributed by atoms with van der Waals surface area (Å²) in [6, 6.07) is 23.1. The number of aliphatic hydroxyl groups is 1. The number of aliphatic hydroxyl groups excluding tert-OH is 1. The minimum absolute atomic E-state index is 0.119. The van der Waals surface area contributed by atoms with Crippen molar-refractivity contribution in [1.29, 1.82) is 0 Å². The van der Waals surface area contributed by atoms with Gasteiger partial charge in [-0.1, -0.05) is 36.4 Å². The van der Waals surface area contributed by atoms with Gasteiger partial charge in [-0.15, -0.1) is 0 Å². The molecule has 5 rings (SSSR count). The van der Waals surface area contributed by atoms with Crippen molar-refractivity contribution in [2.75, 3.05) is 12.0 Å². The highest BCUT2D eigenvalue weighted by atomic mass is 19.1. The van der Waals surface area contributed by atoms with E-state index in [0.29, 0.717) is 35.4 Å². The Morgan fingerprint density at radius 2 is 1.45 bits per heavy atom. The van der Waals surface area contributed by atoms with Crippen LogP contribution in [0.4, 0.5) is 18.9 Å². The molecule has 1 saturated heterocycles. The Morgan fingerprint density at radius 3 is 2.08 bits per heavy atom. The third-order valence-electron chi connectivity index (χ3n) is 7.02. The molecule has 0 radical (unpaired) electrons. The number of benzene rings is 4. The molecule has 0 saturated carbocycles. The molecule has 0 bridgehead atoms. The molecule has 3 atom stereocenters. The first-order valence-corrected chi connectivity index (χ1v) is 12.3. The van der Waals surface area contributed by atoms with Gasteiger partial charge >= 0.3 is 0 Å². The number of carbonyl (C=O) groups is 1. The van der Waals surface area contributed by atoms with Gasteiger partial charge in [0.05, 0.1) is 25.2 Å². The average molecular weight is 518 g/mol. The van der Waals surface area contributed by atoms with E-state index in [1.54, 1.807) is 23.1 Å². The van der Waals surface area contributed by atoms with Crippen molar-refractivity contribution in [3.63, 3.8) is 0 Å². The SMILES string of the molecule is COc1cc(F)cc(-c2ccc(C3C(CCC(O)c4ccc(F)cc4)C(=O)N3c3ccc(F)cc3)cc2)c1. The summed E-state index contributed by atoms with van der Waals surface area (Å²) in [6.07, 6.45) is -0.117. The van der Waals surface area contributed by atoms with E-state index in [9.17, 15) is 23.1 Å². The zero-order valence-electron chi connectivity index (χ0n) is 20.7. The number of anilines is 1. The summed E-state index contributed by atoms with van der Waals surface area (Å²) < 4.78 is 46.0. The smallest absolute Gasteiger partial charge is 0.233 e. The molecular weight excluding hydrogens is 491 g/mol. The molecule has 0 aliphatic carbocycles. The van der Waals surface area contributed by atoms with Crippen LogP contribution in [0.25, 0.3) is 11.1 Å². The van der Waals surface area contributed by atoms with Gasteiger partial charge in [-0.05, 0) is 83.6 Å². The minimum atomic E-state index is -0.839. The standard InChI is InChI=1S/C31H26F3NO3/c1-38-27-17-22(16-25(34)18-27)19-2-4-21(5-3-19)30-28(14-15-29(36)20-6-8-23(32)9-7-20)31(37)35(30)26-12-10-24(33)11-13-26/h2-13,16-18,28-30,36H,14-15H2,1H3. The predicted octanol–water partition coefficient (Wildman–Crippen LogP) is 7.00. The molecule has 38 heavy (non-hydrogen) atoms. The molecular formula is C31H26F3NO3. The molecule has 4 aromatic carbocycles. The number of carbonyl (C=O) groups excluding carboxylic acids is 1. The van der Waals surface area contributed by atoms with Crippen LogP contribution in [0.15, 0.2) is 91.0 Å². The van der Waals surface area contributed by atoms with Gasteiger partial charge in [0.25, 0.3) is 0 Å². The molecule has 1 aliphatic heterocycles. The van der Waals surface area contributed by atoms with E-state index in [1.807, 2.05) is 24.3 Å². The lowest BCUT2D eigenvalue weighted by Gasteiger charge is -2.48. The van der Waals surface area contributed by atoms with Crippen molar-refractivity contribution in [2.24, 2.45) is 5.92 Å². The number of amides is 1. The van der Waals surface area contributed by atoms with E-state index in [-0.39, 0.29) is 17.8 Å². The maximum absolute atomic E-state index is 14.0. The molecule has 7 heteroatoms. The first-order chi connectivity index (χ1) is 18.3. The molecule has 1 N–H and O–H groups in total. The van der Waals surface area contributed by atoms with Gasteiger partial charge in [0.1, 0.15) is 23.2 Å². The summed E-state index contributed by atoms with van der Waals surface area (Å²) >= 11 is 0. The normalized spacial score (nSPS) is 17.7. The summed E-state index contributed by atoms with van der Waals surface area (Å²) in [5.41, 5.74) is 3.47. The van der Waals surface area contributed by atoms with Crippen LogP contribution in [0, 0.1) is 23.4 Å². The monoisotopic (exact) mass is 517 g/mol. The molecule has 1 fully saturated rings. The van der Waals surface area contributed by atoms with Gasteiger partial charge < -0.3 is 14.7 Å². The summed E-state index contributed by atoms with van der Waals surface area (Å²) in [4.78, 5) is 14.9. The maximum Gasteiger partial charge on any atom is 0.233 e. The molecule has 4 nitrogen and oxygen atoms in total. The van der Waals surface area contributed by atoms with Gasteiger partial charge in [0, 0.05) is 11.8 Å². The number of halogens is 3. The van der Waals surface area contributed by atoms with Gasteiger partial charge in [0.2, 0.25) is 5.91 Å². The molecule has 1 heterocycles. The van der Waals surface area contributed by atoms with Crippen LogP contribution < -0.4 is 9.64 Å². The summed E-state index contributed by atoms with van der Waals surface area (Å²) in [6.45, 7) is 0. The predicted molar refractivity (Wildman–Crippen MR) is 139 cm³/mol. The van der Waals surface area contributed by atoms with Gasteiger partial charge in [-0.3, -0.25) is 4.79 Å². The number of ether oxygens (including phenoxy) is 1. The lowest BCUT2D eigenvalue weighted by molar-refractivity contribution is -0.131. The van der Waals surface area contributed by atoms with E-state index in [0.717, 1.165) is 11.1 Å². The Balaban J connectivity index is 1.41. The Kier molecular flexibility index (Phi) is 7.20. The second-order valence-electron chi connectivity index (χ2n) is 9.38. The van der Waals surface area contributed by atoms with Gasteiger partial charge in [-0.2, -0.15) is 0 Å². The van der Waals surface area contributed by atoms with Crippen LogP contribution in [-0.2, 0) is 4.79 Å². The zero-order valence-corrected chi connectivity index (χ0v) is 20.7. The fourth-order valence-corrected chi connectivity index (χ4v) is 5.01. The Labute approximate surface area is 218 Å². The molecule has 1 amide bonds. The molecule has 194 valence electrons. The summed E-state index contributed by atoms with van der Waals surface area (Å²) in [7, 11) is 1.48.